The third kappa shape index (κ3) is 1.74. The molecular weight excluding hydrogens is 212 g/mol. The second-order valence-electron chi connectivity index (χ2n) is 2.95. The normalized spacial score (nSPS) is 10.1. The van der Waals surface area contributed by atoms with E-state index in [2.05, 4.69) is 29.5 Å². The molecule has 2 heteroatoms. The minimum Gasteiger partial charge on any atom is -0.152 e. The van der Waals surface area contributed by atoms with Gasteiger partial charge in [-0.1, -0.05) is 30.3 Å². The molecule has 70 valence electrons. The molecule has 0 fully saturated rings. The van der Waals surface area contributed by atoms with Crippen molar-refractivity contribution in [3.63, 3.8) is 0 Å². The van der Waals surface area contributed by atoms with Gasteiger partial charge < -0.3 is 0 Å². The van der Waals surface area contributed by atoms with Gasteiger partial charge in [-0.25, -0.2) is 0 Å². The van der Waals surface area contributed by atoms with Crippen molar-refractivity contribution in [2.75, 3.05) is 0 Å². The van der Waals surface area contributed by atoms with E-state index < -0.39 is 0 Å². The molecule has 0 spiro atoms. The zero-order valence-electron chi connectivity index (χ0n) is 7.53. The number of benzene rings is 1. The maximum atomic E-state index is 5.99. The molecule has 1 aromatic carbocycles. The fraction of sp³-hybridized carbons (Fsp3) is 0. The van der Waals surface area contributed by atoms with E-state index in [1.165, 1.54) is 11.1 Å². The van der Waals surface area contributed by atoms with Gasteiger partial charge in [0.1, 0.15) is 0 Å². The Morgan fingerprint density at radius 3 is 2.71 bits per heavy atom. The lowest BCUT2D eigenvalue weighted by molar-refractivity contribution is 1.64. The molecule has 0 unspecified atom stereocenters. The summed E-state index contributed by atoms with van der Waals surface area (Å²) < 4.78 is 0. The van der Waals surface area contributed by atoms with E-state index >= 15 is 0 Å². The van der Waals surface area contributed by atoms with E-state index in [9.17, 15) is 0 Å². The van der Waals surface area contributed by atoms with Gasteiger partial charge in [0.2, 0.25) is 0 Å². The minimum absolute atomic E-state index is 0.749. The number of thiophene rings is 1. The lowest BCUT2D eigenvalue weighted by Crippen LogP contribution is -1.78. The molecule has 0 nitrogen and oxygen atoms in total. The van der Waals surface area contributed by atoms with Crippen molar-refractivity contribution in [2.45, 2.75) is 0 Å². The Kier molecular flexibility index (Phi) is 2.71. The monoisotopic (exact) mass is 220 g/mol. The third-order valence-electron chi connectivity index (χ3n) is 2.07. The summed E-state index contributed by atoms with van der Waals surface area (Å²) in [6, 6.07) is 8.08. The molecule has 2 rings (SSSR count). The van der Waals surface area contributed by atoms with Crippen LogP contribution in [0.2, 0.25) is 5.02 Å². The van der Waals surface area contributed by atoms with Gasteiger partial charge in [0, 0.05) is 5.02 Å². The van der Waals surface area contributed by atoms with Gasteiger partial charge in [0.25, 0.3) is 0 Å². The molecule has 1 aromatic heterocycles. The average molecular weight is 221 g/mol. The van der Waals surface area contributed by atoms with Crippen LogP contribution in [0.1, 0.15) is 5.56 Å². The highest BCUT2D eigenvalue weighted by Crippen LogP contribution is 2.27. The van der Waals surface area contributed by atoms with Crippen molar-refractivity contribution in [3.05, 3.63) is 52.2 Å². The summed E-state index contributed by atoms with van der Waals surface area (Å²) in [7, 11) is 0. The number of hydrogen-bond acceptors (Lipinski definition) is 1. The maximum absolute atomic E-state index is 5.99. The van der Waals surface area contributed by atoms with Gasteiger partial charge in [0.15, 0.2) is 0 Å². The van der Waals surface area contributed by atoms with Gasteiger partial charge >= 0.3 is 0 Å². The van der Waals surface area contributed by atoms with Crippen LogP contribution in [0.15, 0.2) is 41.6 Å². The van der Waals surface area contributed by atoms with Crippen molar-refractivity contribution < 1.29 is 0 Å². The first kappa shape index (κ1) is 9.50. The SMILES string of the molecule is C=Cc1cc(-c2ccsc2)ccc1Cl. The Morgan fingerprint density at radius 1 is 1.21 bits per heavy atom. The van der Waals surface area contributed by atoms with Crippen LogP contribution in [0.3, 0.4) is 0 Å². The lowest BCUT2D eigenvalue weighted by Gasteiger charge is -2.02. The van der Waals surface area contributed by atoms with Crippen LogP contribution in [0, 0.1) is 0 Å². The van der Waals surface area contributed by atoms with Crippen LogP contribution < -0.4 is 0 Å². The summed E-state index contributed by atoms with van der Waals surface area (Å²) in [4.78, 5) is 0. The Labute approximate surface area is 92.5 Å². The van der Waals surface area contributed by atoms with E-state index in [1.54, 1.807) is 17.4 Å². The quantitative estimate of drug-likeness (QED) is 0.688. The van der Waals surface area contributed by atoms with Crippen LogP contribution in [-0.2, 0) is 0 Å². The molecule has 14 heavy (non-hydrogen) atoms. The summed E-state index contributed by atoms with van der Waals surface area (Å²) in [5.41, 5.74) is 3.40. The lowest BCUT2D eigenvalue weighted by atomic mass is 10.1. The van der Waals surface area contributed by atoms with Crippen molar-refractivity contribution >= 4 is 29.0 Å². The second kappa shape index (κ2) is 3.99. The highest BCUT2D eigenvalue weighted by Gasteiger charge is 2.01. The van der Waals surface area contributed by atoms with E-state index in [-0.39, 0.29) is 0 Å². The van der Waals surface area contributed by atoms with E-state index in [4.69, 9.17) is 11.6 Å². The van der Waals surface area contributed by atoms with Crippen LogP contribution in [0.4, 0.5) is 0 Å². The molecule has 0 saturated heterocycles. The predicted octanol–water partition coefficient (Wildman–Crippen LogP) is 4.71. The summed E-state index contributed by atoms with van der Waals surface area (Å²) >= 11 is 7.68. The van der Waals surface area contributed by atoms with Crippen LogP contribution in [-0.4, -0.2) is 0 Å². The molecular formula is C12H9ClS. The highest BCUT2D eigenvalue weighted by atomic mass is 35.5. The Bertz CT molecular complexity index is 443. The van der Waals surface area contributed by atoms with Crippen molar-refractivity contribution in [1.82, 2.24) is 0 Å². The summed E-state index contributed by atoms with van der Waals surface area (Å²) in [6.45, 7) is 3.73. The molecule has 0 aliphatic carbocycles. The average Bonchev–Trinajstić information content (AvgIpc) is 2.71. The van der Waals surface area contributed by atoms with Crippen LogP contribution in [0.5, 0.6) is 0 Å². The van der Waals surface area contributed by atoms with Gasteiger partial charge in [-0.15, -0.1) is 0 Å². The Morgan fingerprint density at radius 2 is 2.07 bits per heavy atom. The molecule has 0 bridgehead atoms. The second-order valence-corrected chi connectivity index (χ2v) is 4.14. The molecule has 0 atom stereocenters. The number of halogens is 1. The minimum atomic E-state index is 0.749. The molecule has 0 amide bonds. The van der Waals surface area contributed by atoms with Crippen molar-refractivity contribution in [2.24, 2.45) is 0 Å². The Hall–Kier alpha value is -1.05. The van der Waals surface area contributed by atoms with E-state index in [1.807, 2.05) is 12.1 Å². The van der Waals surface area contributed by atoms with E-state index in [0.29, 0.717) is 0 Å². The standard InChI is InChI=1S/C12H9ClS/c1-2-9-7-10(3-4-12(9)13)11-5-6-14-8-11/h2-8H,1H2. The Balaban J connectivity index is 2.51. The fourth-order valence-corrected chi connectivity index (χ4v) is 2.17. The van der Waals surface area contributed by atoms with Gasteiger partial charge in [-0.05, 0) is 45.6 Å². The number of hydrogen-bond donors (Lipinski definition) is 0. The molecule has 0 saturated carbocycles. The summed E-state index contributed by atoms with van der Waals surface area (Å²) in [6.07, 6.45) is 1.78. The largest absolute Gasteiger partial charge is 0.152 e. The van der Waals surface area contributed by atoms with Crippen molar-refractivity contribution in [3.8, 4) is 11.1 Å². The van der Waals surface area contributed by atoms with Crippen molar-refractivity contribution in [1.29, 1.82) is 0 Å². The third-order valence-corrected chi connectivity index (χ3v) is 3.10. The van der Waals surface area contributed by atoms with Gasteiger partial charge in [-0.2, -0.15) is 11.3 Å². The number of rotatable bonds is 2. The molecule has 0 aliphatic rings. The molecule has 0 N–H and O–H groups in total. The smallest absolute Gasteiger partial charge is 0.0478 e. The van der Waals surface area contributed by atoms with E-state index in [0.717, 1.165) is 10.6 Å². The first-order chi connectivity index (χ1) is 6.81. The fourth-order valence-electron chi connectivity index (χ4n) is 1.31. The van der Waals surface area contributed by atoms with Gasteiger partial charge in [0.05, 0.1) is 0 Å². The first-order valence-electron chi connectivity index (χ1n) is 4.26. The maximum Gasteiger partial charge on any atom is 0.0478 e. The summed E-state index contributed by atoms with van der Waals surface area (Å²) in [5.74, 6) is 0. The van der Waals surface area contributed by atoms with Crippen LogP contribution in [0.25, 0.3) is 17.2 Å². The molecule has 0 aliphatic heterocycles. The summed E-state index contributed by atoms with van der Waals surface area (Å²) in [5, 5.41) is 4.94. The topological polar surface area (TPSA) is 0 Å². The zero-order chi connectivity index (χ0) is 9.97. The van der Waals surface area contributed by atoms with Gasteiger partial charge in [-0.3, -0.25) is 0 Å². The molecule has 2 aromatic rings. The zero-order valence-corrected chi connectivity index (χ0v) is 9.11. The molecule has 0 radical (unpaired) electrons. The first-order valence-corrected chi connectivity index (χ1v) is 5.58. The van der Waals surface area contributed by atoms with Crippen LogP contribution >= 0.6 is 22.9 Å². The predicted molar refractivity (Wildman–Crippen MR) is 64.9 cm³/mol. The molecule has 1 heterocycles. The highest BCUT2D eigenvalue weighted by molar-refractivity contribution is 7.08.